The Morgan fingerprint density at radius 3 is 2.85 bits per heavy atom. The summed E-state index contributed by atoms with van der Waals surface area (Å²) in [5.74, 6) is -0.959. The summed E-state index contributed by atoms with van der Waals surface area (Å²) in [6.45, 7) is 3.08. The summed E-state index contributed by atoms with van der Waals surface area (Å²) in [4.78, 5) is 25.7. The molecule has 1 aliphatic heterocycles. The maximum atomic E-state index is 13.6. The molecule has 2 amide bonds. The van der Waals surface area contributed by atoms with Crippen molar-refractivity contribution in [2.75, 3.05) is 26.7 Å². The number of likely N-dealkylation sites (N-methyl/N-ethyl adjacent to an activating group) is 1. The van der Waals surface area contributed by atoms with Crippen LogP contribution in [0, 0.1) is 12.7 Å². The van der Waals surface area contributed by atoms with E-state index in [4.69, 9.17) is 0 Å². The third-order valence-corrected chi connectivity index (χ3v) is 3.47. The number of rotatable bonds is 2. The maximum Gasteiger partial charge on any atom is 0.254 e. The fraction of sp³-hybridized carbons (Fsp3) is 0.429. The Morgan fingerprint density at radius 2 is 2.20 bits per heavy atom. The van der Waals surface area contributed by atoms with E-state index in [-0.39, 0.29) is 17.4 Å². The molecule has 0 aromatic heterocycles. The lowest BCUT2D eigenvalue weighted by Gasteiger charge is -2.35. The normalized spacial score (nSPS) is 18.8. The van der Waals surface area contributed by atoms with Gasteiger partial charge in [-0.1, -0.05) is 6.07 Å². The molecule has 1 fully saturated rings. The van der Waals surface area contributed by atoms with Crippen LogP contribution in [0.1, 0.15) is 15.9 Å². The fourth-order valence-corrected chi connectivity index (χ4v) is 2.24. The molecule has 6 heteroatoms. The Morgan fingerprint density at radius 1 is 1.45 bits per heavy atom. The van der Waals surface area contributed by atoms with Gasteiger partial charge >= 0.3 is 0 Å². The average Bonchev–Trinajstić information content (AvgIpc) is 2.48. The van der Waals surface area contributed by atoms with Crippen LogP contribution >= 0.6 is 0 Å². The standard InChI is InChI=1S/C14H18FN3O2/c1-9-3-4-10(7-11(9)15)14(20)18-6-5-17-8-12(18)13(19)16-2/h3-4,7,12,17H,5-6,8H2,1-2H3,(H,16,19). The molecule has 1 aliphatic rings. The number of carbonyl (C=O) groups excluding carboxylic acids is 2. The first-order valence-electron chi connectivity index (χ1n) is 6.54. The van der Waals surface area contributed by atoms with Crippen molar-refractivity contribution in [2.24, 2.45) is 0 Å². The van der Waals surface area contributed by atoms with Gasteiger partial charge in [-0.05, 0) is 24.6 Å². The number of nitrogens with zero attached hydrogens (tertiary/aromatic N) is 1. The van der Waals surface area contributed by atoms with Crippen molar-refractivity contribution >= 4 is 11.8 Å². The van der Waals surface area contributed by atoms with E-state index in [1.54, 1.807) is 19.1 Å². The lowest BCUT2D eigenvalue weighted by Crippen LogP contribution is -2.59. The molecule has 1 saturated heterocycles. The molecule has 0 bridgehead atoms. The van der Waals surface area contributed by atoms with E-state index < -0.39 is 11.9 Å². The molecule has 1 aromatic rings. The second-order valence-electron chi connectivity index (χ2n) is 4.80. The monoisotopic (exact) mass is 279 g/mol. The zero-order chi connectivity index (χ0) is 14.7. The van der Waals surface area contributed by atoms with Crippen molar-refractivity contribution in [3.8, 4) is 0 Å². The summed E-state index contributed by atoms with van der Waals surface area (Å²) in [7, 11) is 1.53. The van der Waals surface area contributed by atoms with E-state index >= 15 is 0 Å². The predicted molar refractivity (Wildman–Crippen MR) is 72.9 cm³/mol. The van der Waals surface area contributed by atoms with Gasteiger partial charge in [0.25, 0.3) is 5.91 Å². The van der Waals surface area contributed by atoms with Crippen LogP contribution in [0.5, 0.6) is 0 Å². The zero-order valence-corrected chi connectivity index (χ0v) is 11.6. The van der Waals surface area contributed by atoms with Gasteiger partial charge < -0.3 is 15.5 Å². The number of piperazine rings is 1. The topological polar surface area (TPSA) is 61.4 Å². The number of hydrogen-bond donors (Lipinski definition) is 2. The molecule has 0 saturated carbocycles. The average molecular weight is 279 g/mol. The molecule has 1 aromatic carbocycles. The summed E-state index contributed by atoms with van der Waals surface area (Å²) in [6, 6.07) is 3.81. The van der Waals surface area contributed by atoms with E-state index in [0.29, 0.717) is 25.2 Å². The molecule has 0 radical (unpaired) electrons. The summed E-state index contributed by atoms with van der Waals surface area (Å²) in [5.41, 5.74) is 0.758. The van der Waals surface area contributed by atoms with E-state index in [2.05, 4.69) is 10.6 Å². The first-order chi connectivity index (χ1) is 9.54. The van der Waals surface area contributed by atoms with Gasteiger partial charge in [0.15, 0.2) is 0 Å². The molecule has 2 rings (SSSR count). The summed E-state index contributed by atoms with van der Waals surface area (Å²) in [6.07, 6.45) is 0. The molecular weight excluding hydrogens is 261 g/mol. The van der Waals surface area contributed by atoms with Crippen LogP contribution in [0.4, 0.5) is 4.39 Å². The van der Waals surface area contributed by atoms with Crippen LogP contribution in [0.2, 0.25) is 0 Å². The highest BCUT2D eigenvalue weighted by Gasteiger charge is 2.32. The van der Waals surface area contributed by atoms with Crippen molar-refractivity contribution in [2.45, 2.75) is 13.0 Å². The van der Waals surface area contributed by atoms with Gasteiger partial charge in [-0.2, -0.15) is 0 Å². The summed E-state index contributed by atoms with van der Waals surface area (Å²) in [5, 5.41) is 5.62. The molecular formula is C14H18FN3O2. The molecule has 2 N–H and O–H groups in total. The van der Waals surface area contributed by atoms with Gasteiger partial charge in [-0.15, -0.1) is 0 Å². The van der Waals surface area contributed by atoms with E-state index in [9.17, 15) is 14.0 Å². The smallest absolute Gasteiger partial charge is 0.254 e. The second-order valence-corrected chi connectivity index (χ2v) is 4.80. The van der Waals surface area contributed by atoms with Gasteiger partial charge in [0.2, 0.25) is 5.91 Å². The van der Waals surface area contributed by atoms with Crippen molar-refractivity contribution in [3.05, 3.63) is 35.1 Å². The fourth-order valence-electron chi connectivity index (χ4n) is 2.24. The summed E-state index contributed by atoms with van der Waals surface area (Å²) < 4.78 is 13.6. The lowest BCUT2D eigenvalue weighted by molar-refractivity contribution is -0.125. The number of aryl methyl sites for hydroxylation is 1. The van der Waals surface area contributed by atoms with Crippen LogP contribution in [0.25, 0.3) is 0 Å². The van der Waals surface area contributed by atoms with E-state index in [1.165, 1.54) is 18.0 Å². The molecule has 5 nitrogen and oxygen atoms in total. The third kappa shape index (κ3) is 2.80. The Bertz CT molecular complexity index is 533. The van der Waals surface area contributed by atoms with Crippen LogP contribution in [-0.2, 0) is 4.79 Å². The predicted octanol–water partition coefficient (Wildman–Crippen LogP) is 0.294. The second kappa shape index (κ2) is 6.00. The van der Waals surface area contributed by atoms with Crippen molar-refractivity contribution in [1.82, 2.24) is 15.5 Å². The minimum atomic E-state index is -0.564. The maximum absolute atomic E-state index is 13.6. The van der Waals surface area contributed by atoms with Gasteiger partial charge in [0.1, 0.15) is 11.9 Å². The number of benzene rings is 1. The lowest BCUT2D eigenvalue weighted by atomic mass is 10.1. The molecule has 1 atom stereocenters. The number of carbonyl (C=O) groups is 2. The number of nitrogens with one attached hydrogen (secondary N) is 2. The largest absolute Gasteiger partial charge is 0.357 e. The molecule has 0 aliphatic carbocycles. The SMILES string of the molecule is CNC(=O)C1CNCCN1C(=O)c1ccc(C)c(F)c1. The highest BCUT2D eigenvalue weighted by Crippen LogP contribution is 2.14. The highest BCUT2D eigenvalue weighted by molar-refractivity contribution is 5.97. The Kier molecular flexibility index (Phi) is 4.34. The number of hydrogen-bond acceptors (Lipinski definition) is 3. The number of halogens is 1. The number of amides is 2. The molecule has 1 unspecified atom stereocenters. The molecule has 20 heavy (non-hydrogen) atoms. The van der Waals surface area contributed by atoms with Crippen LogP contribution in [-0.4, -0.2) is 49.4 Å². The van der Waals surface area contributed by atoms with Crippen LogP contribution in [0.3, 0.4) is 0 Å². The summed E-state index contributed by atoms with van der Waals surface area (Å²) >= 11 is 0. The van der Waals surface area contributed by atoms with E-state index in [0.717, 1.165) is 0 Å². The minimum absolute atomic E-state index is 0.224. The quantitative estimate of drug-likeness (QED) is 0.818. The van der Waals surface area contributed by atoms with Crippen molar-refractivity contribution in [1.29, 1.82) is 0 Å². The van der Waals surface area contributed by atoms with Crippen molar-refractivity contribution in [3.63, 3.8) is 0 Å². The van der Waals surface area contributed by atoms with Gasteiger partial charge in [-0.25, -0.2) is 4.39 Å². The van der Waals surface area contributed by atoms with Crippen molar-refractivity contribution < 1.29 is 14.0 Å². The third-order valence-electron chi connectivity index (χ3n) is 3.47. The Balaban J connectivity index is 2.25. The van der Waals surface area contributed by atoms with E-state index in [1.807, 2.05) is 0 Å². The van der Waals surface area contributed by atoms with Gasteiger partial charge in [-0.3, -0.25) is 9.59 Å². The first kappa shape index (κ1) is 14.5. The highest BCUT2D eigenvalue weighted by atomic mass is 19.1. The van der Waals surface area contributed by atoms with Crippen LogP contribution < -0.4 is 10.6 Å². The first-order valence-corrected chi connectivity index (χ1v) is 6.54. The van der Waals surface area contributed by atoms with Gasteiger partial charge in [0.05, 0.1) is 0 Å². The Labute approximate surface area is 117 Å². The molecule has 0 spiro atoms. The minimum Gasteiger partial charge on any atom is -0.357 e. The zero-order valence-electron chi connectivity index (χ0n) is 11.6. The molecule has 108 valence electrons. The Hall–Kier alpha value is -1.95. The van der Waals surface area contributed by atoms with Crippen LogP contribution in [0.15, 0.2) is 18.2 Å². The van der Waals surface area contributed by atoms with Gasteiger partial charge in [0, 0.05) is 32.2 Å². The molecule has 1 heterocycles.